The number of carbonyl (C=O) groups is 1. The van der Waals surface area contributed by atoms with Crippen molar-refractivity contribution in [3.8, 4) is 0 Å². The Balaban J connectivity index is 3.33. The van der Waals surface area contributed by atoms with Crippen LogP contribution in [-0.4, -0.2) is 29.0 Å². The van der Waals surface area contributed by atoms with Crippen molar-refractivity contribution in [2.24, 2.45) is 0 Å². The molecule has 0 atom stereocenters. The van der Waals surface area contributed by atoms with Crippen LogP contribution in [-0.2, 0) is 14.8 Å². The molecule has 122 valence electrons. The van der Waals surface area contributed by atoms with Crippen molar-refractivity contribution in [2.75, 3.05) is 6.54 Å². The predicted molar refractivity (Wildman–Crippen MR) is 89.8 cm³/mol. The summed E-state index contributed by atoms with van der Waals surface area (Å²) >= 11 is 16.7. The molecule has 0 spiro atoms. The van der Waals surface area contributed by atoms with Crippen LogP contribution in [0.15, 0.2) is 40.8 Å². The first-order valence-electron chi connectivity index (χ1n) is 6.30. The van der Waals surface area contributed by atoms with E-state index in [9.17, 15) is 13.2 Å². The van der Waals surface area contributed by atoms with Gasteiger partial charge in [0.05, 0.1) is 11.4 Å². The zero-order valence-corrected chi connectivity index (χ0v) is 15.4. The van der Waals surface area contributed by atoms with E-state index in [1.807, 2.05) is 6.92 Å². The number of nitrogens with zero attached hydrogens (tertiary/aromatic N) is 1. The molecule has 0 fully saturated rings. The van der Waals surface area contributed by atoms with Crippen LogP contribution in [0.3, 0.4) is 0 Å². The number of hydrogen-bond donors (Lipinski definition) is 0. The van der Waals surface area contributed by atoms with E-state index in [2.05, 4.69) is 0 Å². The van der Waals surface area contributed by atoms with Crippen LogP contribution in [0.5, 0.6) is 0 Å². The maximum absolute atomic E-state index is 12.6. The minimum atomic E-state index is -4.11. The predicted octanol–water partition coefficient (Wildman–Crippen LogP) is 3.85. The van der Waals surface area contributed by atoms with Crippen LogP contribution in [0.1, 0.15) is 19.4 Å². The Kier molecular flexibility index (Phi) is 6.33. The molecule has 1 rings (SSSR count). The van der Waals surface area contributed by atoms with E-state index < -0.39 is 19.7 Å². The molecular formula is C14H16Cl3NO3S. The highest BCUT2D eigenvalue weighted by atomic mass is 35.6. The SMILES string of the molecule is CC(C)=CCN(C(=O)C(Cl)(Cl)Cl)S(=O)(=O)c1ccc(C)cc1. The van der Waals surface area contributed by atoms with Crippen LogP contribution in [0.25, 0.3) is 0 Å². The van der Waals surface area contributed by atoms with Gasteiger partial charge in [0.2, 0.25) is 0 Å². The Morgan fingerprint density at radius 3 is 2.09 bits per heavy atom. The normalized spacial score (nSPS) is 11.9. The van der Waals surface area contributed by atoms with E-state index in [0.717, 1.165) is 11.1 Å². The summed E-state index contributed by atoms with van der Waals surface area (Å²) in [6.45, 7) is 5.17. The highest BCUT2D eigenvalue weighted by Gasteiger charge is 2.40. The highest BCUT2D eigenvalue weighted by Crippen LogP contribution is 2.31. The summed E-state index contributed by atoms with van der Waals surface area (Å²) in [5.41, 5.74) is 1.73. The van der Waals surface area contributed by atoms with Crippen LogP contribution >= 0.6 is 34.8 Å². The molecule has 0 aliphatic rings. The van der Waals surface area contributed by atoms with Crippen molar-refractivity contribution in [1.82, 2.24) is 4.31 Å². The zero-order valence-electron chi connectivity index (χ0n) is 12.3. The molecule has 22 heavy (non-hydrogen) atoms. The van der Waals surface area contributed by atoms with Gasteiger partial charge in [-0.25, -0.2) is 12.7 Å². The monoisotopic (exact) mass is 383 g/mol. The number of amides is 1. The van der Waals surface area contributed by atoms with Gasteiger partial charge in [-0.15, -0.1) is 0 Å². The molecule has 0 N–H and O–H groups in total. The number of benzene rings is 1. The summed E-state index contributed by atoms with van der Waals surface area (Å²) in [7, 11) is -4.11. The largest absolute Gasteiger partial charge is 0.288 e. The Bertz CT molecular complexity index is 672. The third-order valence-electron chi connectivity index (χ3n) is 2.74. The number of halogens is 3. The molecule has 1 aromatic carbocycles. The second-order valence-corrected chi connectivity index (χ2v) is 9.08. The fourth-order valence-electron chi connectivity index (χ4n) is 1.53. The Hall–Kier alpha value is -0.750. The summed E-state index contributed by atoms with van der Waals surface area (Å²) in [4.78, 5) is 12.1. The first kappa shape index (κ1) is 19.3. The molecule has 8 heteroatoms. The smallest absolute Gasteiger partial charge is 0.269 e. The zero-order chi connectivity index (χ0) is 17.1. The number of carbonyl (C=O) groups excluding carboxylic acids is 1. The van der Waals surface area contributed by atoms with Gasteiger partial charge in [0.15, 0.2) is 0 Å². The number of sulfonamides is 1. The first-order valence-corrected chi connectivity index (χ1v) is 8.87. The Morgan fingerprint density at radius 2 is 1.68 bits per heavy atom. The first-order chi connectivity index (χ1) is 9.96. The van der Waals surface area contributed by atoms with Crippen molar-refractivity contribution in [3.05, 3.63) is 41.5 Å². The number of hydrogen-bond acceptors (Lipinski definition) is 3. The molecule has 0 unspecified atom stereocenters. The topological polar surface area (TPSA) is 54.5 Å². The summed E-state index contributed by atoms with van der Waals surface area (Å²) in [5, 5.41) is 0. The van der Waals surface area contributed by atoms with Gasteiger partial charge >= 0.3 is 0 Å². The van der Waals surface area contributed by atoms with Gasteiger partial charge < -0.3 is 0 Å². The summed E-state index contributed by atoms with van der Waals surface area (Å²) in [6, 6.07) is 6.08. The number of allylic oxidation sites excluding steroid dienone is 1. The second-order valence-electron chi connectivity index (χ2n) is 4.93. The highest BCUT2D eigenvalue weighted by molar-refractivity contribution is 7.89. The minimum Gasteiger partial charge on any atom is -0.269 e. The van der Waals surface area contributed by atoms with Crippen molar-refractivity contribution < 1.29 is 13.2 Å². The molecule has 0 bridgehead atoms. The van der Waals surface area contributed by atoms with Crippen LogP contribution in [0.4, 0.5) is 0 Å². The van der Waals surface area contributed by atoms with E-state index in [4.69, 9.17) is 34.8 Å². The summed E-state index contributed by atoms with van der Waals surface area (Å²) in [5.74, 6) is -1.12. The lowest BCUT2D eigenvalue weighted by Crippen LogP contribution is -2.43. The van der Waals surface area contributed by atoms with E-state index >= 15 is 0 Å². The molecule has 1 amide bonds. The summed E-state index contributed by atoms with van der Waals surface area (Å²) in [6.07, 6.45) is 1.57. The van der Waals surface area contributed by atoms with Crippen LogP contribution in [0, 0.1) is 6.92 Å². The quantitative estimate of drug-likeness (QED) is 0.585. The lowest BCUT2D eigenvalue weighted by molar-refractivity contribution is -0.125. The van der Waals surface area contributed by atoms with E-state index in [-0.39, 0.29) is 11.4 Å². The molecule has 1 aromatic rings. The fraction of sp³-hybridized carbons (Fsp3) is 0.357. The van der Waals surface area contributed by atoms with E-state index in [1.54, 1.807) is 32.1 Å². The maximum Gasteiger partial charge on any atom is 0.288 e. The molecule has 0 heterocycles. The van der Waals surface area contributed by atoms with Gasteiger partial charge in [0.1, 0.15) is 0 Å². The molecule has 0 aliphatic heterocycles. The van der Waals surface area contributed by atoms with Crippen molar-refractivity contribution in [3.63, 3.8) is 0 Å². The minimum absolute atomic E-state index is 0.0390. The molecule has 0 radical (unpaired) electrons. The molecule has 0 aliphatic carbocycles. The van der Waals surface area contributed by atoms with E-state index in [0.29, 0.717) is 4.31 Å². The molecule has 0 saturated carbocycles. The number of aryl methyl sites for hydroxylation is 1. The molecular weight excluding hydrogens is 369 g/mol. The van der Waals surface area contributed by atoms with Gasteiger partial charge in [0.25, 0.3) is 19.7 Å². The average Bonchev–Trinajstić information content (AvgIpc) is 2.37. The molecule has 0 saturated heterocycles. The van der Waals surface area contributed by atoms with Gasteiger partial charge in [-0.1, -0.05) is 64.1 Å². The Labute approximate surface area is 145 Å². The van der Waals surface area contributed by atoms with Gasteiger partial charge in [-0.3, -0.25) is 4.79 Å². The number of alkyl halides is 3. The van der Waals surface area contributed by atoms with Gasteiger partial charge in [-0.05, 0) is 32.9 Å². The van der Waals surface area contributed by atoms with Crippen LogP contribution < -0.4 is 0 Å². The van der Waals surface area contributed by atoms with Crippen molar-refractivity contribution in [2.45, 2.75) is 29.5 Å². The lowest BCUT2D eigenvalue weighted by atomic mass is 10.2. The lowest BCUT2D eigenvalue weighted by Gasteiger charge is -2.24. The maximum atomic E-state index is 12.6. The molecule has 4 nitrogen and oxygen atoms in total. The fourth-order valence-corrected chi connectivity index (χ4v) is 3.35. The summed E-state index contributed by atoms with van der Waals surface area (Å²) < 4.78 is 23.5. The third kappa shape index (κ3) is 4.88. The van der Waals surface area contributed by atoms with Gasteiger partial charge in [0, 0.05) is 0 Å². The molecule has 0 aromatic heterocycles. The Morgan fingerprint density at radius 1 is 1.18 bits per heavy atom. The van der Waals surface area contributed by atoms with E-state index in [1.165, 1.54) is 12.1 Å². The second kappa shape index (κ2) is 7.21. The third-order valence-corrected chi connectivity index (χ3v) is 4.99. The van der Waals surface area contributed by atoms with Crippen LogP contribution in [0.2, 0.25) is 0 Å². The van der Waals surface area contributed by atoms with Crippen molar-refractivity contribution in [1.29, 1.82) is 0 Å². The number of rotatable bonds is 4. The van der Waals surface area contributed by atoms with Crippen molar-refractivity contribution >= 4 is 50.7 Å². The van der Waals surface area contributed by atoms with Gasteiger partial charge in [-0.2, -0.15) is 0 Å². The standard InChI is InChI=1S/C14H16Cl3NO3S/c1-10(2)8-9-18(13(19)14(15,16)17)22(20,21)12-6-4-11(3)5-7-12/h4-8H,9H2,1-3H3. The average molecular weight is 385 g/mol.